The van der Waals surface area contributed by atoms with Crippen molar-refractivity contribution in [2.24, 2.45) is 0 Å². The van der Waals surface area contributed by atoms with E-state index in [0.29, 0.717) is 0 Å². The predicted molar refractivity (Wildman–Crippen MR) is 222 cm³/mol. The van der Waals surface area contributed by atoms with Gasteiger partial charge in [0.2, 0.25) is 0 Å². The number of rotatable bonds is 4. The van der Waals surface area contributed by atoms with Crippen LogP contribution in [0.15, 0.2) is 180 Å². The molecule has 1 aliphatic rings. The lowest BCUT2D eigenvalue weighted by atomic mass is 9.82. The van der Waals surface area contributed by atoms with Crippen molar-refractivity contribution >= 4 is 43.7 Å². The zero-order valence-electron chi connectivity index (χ0n) is 29.6. The van der Waals surface area contributed by atoms with Gasteiger partial charge in [-0.2, -0.15) is 0 Å². The van der Waals surface area contributed by atoms with Gasteiger partial charge in [-0.25, -0.2) is 0 Å². The van der Waals surface area contributed by atoms with Gasteiger partial charge in [-0.1, -0.05) is 153 Å². The minimum absolute atomic E-state index is 0.0681. The number of hydrogen-bond donors (Lipinski definition) is 0. The molecule has 0 fully saturated rings. The molecule has 0 bridgehead atoms. The lowest BCUT2D eigenvalue weighted by Crippen LogP contribution is -2.14. The van der Waals surface area contributed by atoms with Crippen LogP contribution in [0.3, 0.4) is 0 Å². The largest absolute Gasteiger partial charge is 0.455 e. The first-order chi connectivity index (χ1) is 26.0. The topological polar surface area (TPSA) is 18.1 Å². The Labute approximate surface area is 308 Å². The molecule has 53 heavy (non-hydrogen) atoms. The maximum Gasteiger partial charge on any atom is 0.143 e. The SMILES string of the molecule is CC1(C)c2ccccc2-c2c1ccc1c2oc2c(-c3ccc(-c4ccc5c(c4)c4cc(-c6ccccc6)ccc4n5-c4ccccc4)cc3)cccc21. The van der Waals surface area contributed by atoms with Crippen LogP contribution in [-0.4, -0.2) is 4.57 Å². The summed E-state index contributed by atoms with van der Waals surface area (Å²) in [5.41, 5.74) is 17.7. The first-order valence-electron chi connectivity index (χ1n) is 18.4. The van der Waals surface area contributed by atoms with E-state index in [4.69, 9.17) is 4.42 Å². The minimum atomic E-state index is -0.0681. The average molecular weight is 678 g/mol. The van der Waals surface area contributed by atoms with E-state index in [9.17, 15) is 0 Å². The molecule has 0 amide bonds. The van der Waals surface area contributed by atoms with Crippen molar-refractivity contribution in [2.45, 2.75) is 19.3 Å². The van der Waals surface area contributed by atoms with Crippen LogP contribution < -0.4 is 0 Å². The molecular weight excluding hydrogens is 643 g/mol. The third kappa shape index (κ3) is 4.39. The van der Waals surface area contributed by atoms with Crippen LogP contribution in [0.5, 0.6) is 0 Å². The summed E-state index contributed by atoms with van der Waals surface area (Å²) < 4.78 is 9.30. The van der Waals surface area contributed by atoms with Crippen LogP contribution in [-0.2, 0) is 5.41 Å². The van der Waals surface area contributed by atoms with Gasteiger partial charge in [0.15, 0.2) is 0 Å². The molecule has 0 spiro atoms. The van der Waals surface area contributed by atoms with Gasteiger partial charge in [0.1, 0.15) is 11.2 Å². The summed E-state index contributed by atoms with van der Waals surface area (Å²) in [6.45, 7) is 4.64. The number of hydrogen-bond acceptors (Lipinski definition) is 1. The van der Waals surface area contributed by atoms with Gasteiger partial charge in [0.05, 0.1) is 11.0 Å². The predicted octanol–water partition coefficient (Wildman–Crippen LogP) is 14.0. The van der Waals surface area contributed by atoms with Crippen LogP contribution in [0.1, 0.15) is 25.0 Å². The molecule has 0 radical (unpaired) electrons. The maximum atomic E-state index is 6.91. The molecule has 11 rings (SSSR count). The molecule has 0 N–H and O–H groups in total. The molecule has 0 saturated carbocycles. The van der Waals surface area contributed by atoms with Gasteiger partial charge >= 0.3 is 0 Å². The van der Waals surface area contributed by atoms with E-state index in [1.807, 2.05) is 0 Å². The standard InChI is InChI=1S/C51H35NO/c1-51(2)44-19-10-9-16-41(44)48-45(51)27-26-40-39-18-11-17-38(49(39)53-50(40)48)34-22-20-33(21-23-34)36-25-29-47-43(31-36)42-30-35(32-12-5-3-6-13-32)24-28-46(42)52(47)37-14-7-4-8-15-37/h3-31H,1-2H3. The van der Waals surface area contributed by atoms with Gasteiger partial charge in [-0.05, 0) is 80.9 Å². The van der Waals surface area contributed by atoms with Gasteiger partial charge in [-0.15, -0.1) is 0 Å². The normalized spacial score (nSPS) is 13.2. The number of furan rings is 1. The molecule has 0 saturated heterocycles. The quantitative estimate of drug-likeness (QED) is 0.181. The molecule has 2 heterocycles. The molecule has 1 aliphatic carbocycles. The molecule has 2 nitrogen and oxygen atoms in total. The zero-order valence-corrected chi connectivity index (χ0v) is 29.6. The average Bonchev–Trinajstić information content (AvgIpc) is 3.84. The van der Waals surface area contributed by atoms with Gasteiger partial charge in [0.25, 0.3) is 0 Å². The lowest BCUT2D eigenvalue weighted by molar-refractivity contribution is 0.653. The van der Waals surface area contributed by atoms with Crippen LogP contribution in [0.4, 0.5) is 0 Å². The Kier molecular flexibility index (Phi) is 6.33. The second kappa shape index (κ2) is 11.2. The van der Waals surface area contributed by atoms with Crippen molar-refractivity contribution in [1.29, 1.82) is 0 Å². The molecule has 0 atom stereocenters. The number of para-hydroxylation sites is 2. The first kappa shape index (κ1) is 30.0. The van der Waals surface area contributed by atoms with Crippen LogP contribution >= 0.6 is 0 Å². The lowest BCUT2D eigenvalue weighted by Gasteiger charge is -2.21. The molecule has 0 unspecified atom stereocenters. The molecule has 2 aromatic heterocycles. The fraction of sp³-hybridized carbons (Fsp3) is 0.0588. The summed E-state index contributed by atoms with van der Waals surface area (Å²) in [5, 5.41) is 4.81. The Bertz CT molecular complexity index is 3050. The van der Waals surface area contributed by atoms with Gasteiger partial charge in [-0.3, -0.25) is 0 Å². The van der Waals surface area contributed by atoms with E-state index in [0.717, 1.165) is 33.4 Å². The Hall–Kier alpha value is -6.64. The number of nitrogens with zero attached hydrogens (tertiary/aromatic N) is 1. The van der Waals surface area contributed by atoms with Crippen molar-refractivity contribution in [1.82, 2.24) is 4.57 Å². The molecular formula is C51H35NO. The number of benzene rings is 8. The second-order valence-electron chi connectivity index (χ2n) is 14.9. The van der Waals surface area contributed by atoms with Crippen LogP contribution in [0, 0.1) is 0 Å². The van der Waals surface area contributed by atoms with Gasteiger partial charge in [0, 0.05) is 43.8 Å². The zero-order chi connectivity index (χ0) is 35.3. The van der Waals surface area contributed by atoms with Crippen LogP contribution in [0.25, 0.3) is 93.9 Å². The Morgan fingerprint density at radius 2 is 0.962 bits per heavy atom. The molecule has 8 aromatic carbocycles. The highest BCUT2D eigenvalue weighted by Gasteiger charge is 2.37. The number of aromatic nitrogens is 1. The third-order valence-corrected chi connectivity index (χ3v) is 11.6. The summed E-state index contributed by atoms with van der Waals surface area (Å²) >= 11 is 0. The van der Waals surface area contributed by atoms with E-state index in [1.54, 1.807) is 0 Å². The fourth-order valence-electron chi connectivity index (χ4n) is 8.98. The van der Waals surface area contributed by atoms with Crippen molar-refractivity contribution in [3.05, 3.63) is 187 Å². The Morgan fingerprint density at radius 3 is 1.68 bits per heavy atom. The maximum absolute atomic E-state index is 6.91. The van der Waals surface area contributed by atoms with Crippen LogP contribution in [0.2, 0.25) is 0 Å². The summed E-state index contributed by atoms with van der Waals surface area (Å²) in [6.07, 6.45) is 0. The van der Waals surface area contributed by atoms with E-state index in [-0.39, 0.29) is 5.41 Å². The van der Waals surface area contributed by atoms with E-state index in [1.165, 1.54) is 71.7 Å². The number of fused-ring (bicyclic) bond motifs is 10. The second-order valence-corrected chi connectivity index (χ2v) is 14.9. The minimum Gasteiger partial charge on any atom is -0.455 e. The van der Waals surface area contributed by atoms with Crippen molar-refractivity contribution in [3.63, 3.8) is 0 Å². The molecule has 2 heteroatoms. The van der Waals surface area contributed by atoms with Crippen molar-refractivity contribution in [2.75, 3.05) is 0 Å². The Morgan fingerprint density at radius 1 is 0.396 bits per heavy atom. The first-order valence-corrected chi connectivity index (χ1v) is 18.4. The van der Waals surface area contributed by atoms with E-state index in [2.05, 4.69) is 194 Å². The smallest absolute Gasteiger partial charge is 0.143 e. The van der Waals surface area contributed by atoms with E-state index < -0.39 is 0 Å². The Balaban J connectivity index is 1.03. The highest BCUT2D eigenvalue weighted by molar-refractivity contribution is 6.15. The van der Waals surface area contributed by atoms with Crippen molar-refractivity contribution < 1.29 is 4.42 Å². The van der Waals surface area contributed by atoms with Crippen molar-refractivity contribution in [3.8, 4) is 50.2 Å². The fourth-order valence-corrected chi connectivity index (χ4v) is 8.98. The summed E-state index contributed by atoms with van der Waals surface area (Å²) in [7, 11) is 0. The van der Waals surface area contributed by atoms with Gasteiger partial charge < -0.3 is 8.98 Å². The summed E-state index contributed by atoms with van der Waals surface area (Å²) in [6, 6.07) is 64.0. The monoisotopic (exact) mass is 677 g/mol. The highest BCUT2D eigenvalue weighted by Crippen LogP contribution is 2.53. The van der Waals surface area contributed by atoms with E-state index >= 15 is 0 Å². The third-order valence-electron chi connectivity index (χ3n) is 11.6. The molecule has 250 valence electrons. The molecule has 0 aliphatic heterocycles. The summed E-state index contributed by atoms with van der Waals surface area (Å²) in [5.74, 6) is 0. The highest BCUT2D eigenvalue weighted by atomic mass is 16.3. The molecule has 10 aromatic rings. The summed E-state index contributed by atoms with van der Waals surface area (Å²) in [4.78, 5) is 0.